The third-order valence-corrected chi connectivity index (χ3v) is 3.86. The molecule has 0 spiro atoms. The van der Waals surface area contributed by atoms with Crippen molar-refractivity contribution < 1.29 is 9.53 Å². The fraction of sp³-hybridized carbons (Fsp3) is 0.357. The van der Waals surface area contributed by atoms with Crippen LogP contribution in [0, 0.1) is 0 Å². The van der Waals surface area contributed by atoms with E-state index >= 15 is 0 Å². The van der Waals surface area contributed by atoms with Crippen molar-refractivity contribution in [3.63, 3.8) is 0 Å². The average Bonchev–Trinajstić information content (AvgIpc) is 2.32. The Morgan fingerprint density at radius 3 is 2.59 bits per heavy atom. The van der Waals surface area contributed by atoms with Crippen LogP contribution in [-0.4, -0.2) is 17.3 Å². The SMILES string of the molecule is CC(=O)O[C@@H]1C=C[C@@H](Sc2ccccc2)CC1. The van der Waals surface area contributed by atoms with Crippen LogP contribution in [0.2, 0.25) is 0 Å². The number of hydrogen-bond donors (Lipinski definition) is 0. The molecule has 0 saturated carbocycles. The molecule has 0 aromatic heterocycles. The zero-order chi connectivity index (χ0) is 12.1. The molecule has 2 atom stereocenters. The van der Waals surface area contributed by atoms with Gasteiger partial charge in [0.25, 0.3) is 0 Å². The van der Waals surface area contributed by atoms with Crippen LogP contribution in [-0.2, 0) is 9.53 Å². The standard InChI is InChI=1S/C14H16O2S/c1-11(15)16-12-7-9-14(10-8-12)17-13-5-3-2-4-6-13/h2-7,9,12,14H,8,10H2,1H3/t12-,14-/m1/s1. The lowest BCUT2D eigenvalue weighted by atomic mass is 10.1. The second-order valence-electron chi connectivity index (χ2n) is 4.08. The summed E-state index contributed by atoms with van der Waals surface area (Å²) >= 11 is 1.86. The molecule has 0 heterocycles. The smallest absolute Gasteiger partial charge is 0.303 e. The summed E-state index contributed by atoms with van der Waals surface area (Å²) in [5.41, 5.74) is 0. The van der Waals surface area contributed by atoms with Gasteiger partial charge in [0.1, 0.15) is 6.10 Å². The molecule has 2 rings (SSSR count). The van der Waals surface area contributed by atoms with E-state index < -0.39 is 0 Å². The maximum absolute atomic E-state index is 10.8. The summed E-state index contributed by atoms with van der Waals surface area (Å²) in [5, 5.41) is 0.490. The molecule has 0 unspecified atom stereocenters. The highest BCUT2D eigenvalue weighted by Crippen LogP contribution is 2.30. The van der Waals surface area contributed by atoms with Crippen LogP contribution in [0.4, 0.5) is 0 Å². The molecular weight excluding hydrogens is 232 g/mol. The van der Waals surface area contributed by atoms with E-state index in [0.717, 1.165) is 12.8 Å². The van der Waals surface area contributed by atoms with Crippen molar-refractivity contribution in [2.75, 3.05) is 0 Å². The molecular formula is C14H16O2S. The molecule has 2 nitrogen and oxygen atoms in total. The van der Waals surface area contributed by atoms with Gasteiger partial charge in [-0.3, -0.25) is 4.79 Å². The van der Waals surface area contributed by atoms with E-state index in [2.05, 4.69) is 30.3 Å². The minimum Gasteiger partial charge on any atom is -0.458 e. The Labute approximate surface area is 106 Å². The lowest BCUT2D eigenvalue weighted by Crippen LogP contribution is -2.19. The van der Waals surface area contributed by atoms with Crippen molar-refractivity contribution in [3.8, 4) is 0 Å². The number of ether oxygens (including phenoxy) is 1. The van der Waals surface area contributed by atoms with Crippen LogP contribution in [0.15, 0.2) is 47.4 Å². The molecule has 90 valence electrons. The number of carbonyl (C=O) groups excluding carboxylic acids is 1. The number of esters is 1. The van der Waals surface area contributed by atoms with Crippen molar-refractivity contribution in [2.45, 2.75) is 36.0 Å². The molecule has 1 aliphatic carbocycles. The Bertz CT molecular complexity index is 400. The first-order valence-corrected chi connectivity index (χ1v) is 6.69. The van der Waals surface area contributed by atoms with Crippen LogP contribution in [0.25, 0.3) is 0 Å². The number of thioether (sulfide) groups is 1. The fourth-order valence-corrected chi connectivity index (χ4v) is 2.94. The van der Waals surface area contributed by atoms with E-state index in [0.29, 0.717) is 5.25 Å². The van der Waals surface area contributed by atoms with Gasteiger partial charge in [0.15, 0.2) is 0 Å². The van der Waals surface area contributed by atoms with Gasteiger partial charge < -0.3 is 4.74 Å². The van der Waals surface area contributed by atoms with Gasteiger partial charge in [0.2, 0.25) is 0 Å². The van der Waals surface area contributed by atoms with Crippen LogP contribution >= 0.6 is 11.8 Å². The maximum Gasteiger partial charge on any atom is 0.303 e. The molecule has 1 aliphatic rings. The third-order valence-electron chi connectivity index (χ3n) is 2.62. The van der Waals surface area contributed by atoms with E-state index in [1.165, 1.54) is 11.8 Å². The fourth-order valence-electron chi connectivity index (χ4n) is 1.85. The van der Waals surface area contributed by atoms with Gasteiger partial charge in [-0.05, 0) is 31.1 Å². The molecule has 0 N–H and O–H groups in total. The highest BCUT2D eigenvalue weighted by Gasteiger charge is 2.18. The zero-order valence-corrected chi connectivity index (χ0v) is 10.7. The van der Waals surface area contributed by atoms with E-state index in [9.17, 15) is 4.79 Å². The molecule has 0 bridgehead atoms. The second kappa shape index (κ2) is 5.92. The molecule has 0 saturated heterocycles. The van der Waals surface area contributed by atoms with Gasteiger partial charge in [0, 0.05) is 17.1 Å². The third kappa shape index (κ3) is 3.93. The second-order valence-corrected chi connectivity index (χ2v) is 5.39. The zero-order valence-electron chi connectivity index (χ0n) is 9.84. The van der Waals surface area contributed by atoms with Crippen LogP contribution in [0.1, 0.15) is 19.8 Å². The molecule has 17 heavy (non-hydrogen) atoms. The number of carbonyl (C=O) groups is 1. The van der Waals surface area contributed by atoms with Crippen molar-refractivity contribution in [2.24, 2.45) is 0 Å². The van der Waals surface area contributed by atoms with Crippen LogP contribution < -0.4 is 0 Å². The predicted molar refractivity (Wildman–Crippen MR) is 70.0 cm³/mol. The molecule has 3 heteroatoms. The summed E-state index contributed by atoms with van der Waals surface area (Å²) in [5.74, 6) is -0.200. The summed E-state index contributed by atoms with van der Waals surface area (Å²) in [6, 6.07) is 10.4. The summed E-state index contributed by atoms with van der Waals surface area (Å²) in [6.45, 7) is 1.46. The largest absolute Gasteiger partial charge is 0.458 e. The first-order valence-electron chi connectivity index (χ1n) is 5.81. The maximum atomic E-state index is 10.8. The first-order chi connectivity index (χ1) is 8.24. The van der Waals surface area contributed by atoms with Gasteiger partial charge in [0.05, 0.1) is 0 Å². The van der Waals surface area contributed by atoms with E-state index in [1.807, 2.05) is 23.9 Å². The Kier molecular flexibility index (Phi) is 4.26. The highest BCUT2D eigenvalue weighted by atomic mass is 32.2. The summed E-state index contributed by atoms with van der Waals surface area (Å²) in [6.07, 6.45) is 6.09. The lowest BCUT2D eigenvalue weighted by molar-refractivity contribution is -0.144. The number of rotatable bonds is 3. The van der Waals surface area contributed by atoms with Gasteiger partial charge in [-0.1, -0.05) is 24.3 Å². The van der Waals surface area contributed by atoms with E-state index in [1.54, 1.807) is 0 Å². The minimum absolute atomic E-state index is 0.0277. The average molecular weight is 248 g/mol. The Morgan fingerprint density at radius 2 is 2.00 bits per heavy atom. The van der Waals surface area contributed by atoms with Crippen molar-refractivity contribution in [1.29, 1.82) is 0 Å². The molecule has 1 aromatic rings. The summed E-state index contributed by atoms with van der Waals surface area (Å²) < 4.78 is 5.15. The Balaban J connectivity index is 1.88. The normalized spacial score (nSPS) is 23.4. The molecule has 0 fully saturated rings. The van der Waals surface area contributed by atoms with Gasteiger partial charge >= 0.3 is 5.97 Å². The monoisotopic (exact) mass is 248 g/mol. The lowest BCUT2D eigenvalue weighted by Gasteiger charge is -2.22. The first kappa shape index (κ1) is 12.2. The van der Waals surface area contributed by atoms with Gasteiger partial charge in [-0.2, -0.15) is 0 Å². The van der Waals surface area contributed by atoms with Crippen molar-refractivity contribution >= 4 is 17.7 Å². The van der Waals surface area contributed by atoms with E-state index in [-0.39, 0.29) is 12.1 Å². The van der Waals surface area contributed by atoms with E-state index in [4.69, 9.17) is 4.74 Å². The summed E-state index contributed by atoms with van der Waals surface area (Å²) in [7, 11) is 0. The van der Waals surface area contributed by atoms with Gasteiger partial charge in [-0.25, -0.2) is 0 Å². The molecule has 1 aromatic carbocycles. The topological polar surface area (TPSA) is 26.3 Å². The van der Waals surface area contributed by atoms with Crippen molar-refractivity contribution in [1.82, 2.24) is 0 Å². The molecule has 0 amide bonds. The summed E-state index contributed by atoms with van der Waals surface area (Å²) in [4.78, 5) is 12.1. The molecule has 0 radical (unpaired) electrons. The van der Waals surface area contributed by atoms with Crippen LogP contribution in [0.3, 0.4) is 0 Å². The Hall–Kier alpha value is -1.22. The van der Waals surface area contributed by atoms with Crippen LogP contribution in [0.5, 0.6) is 0 Å². The Morgan fingerprint density at radius 1 is 1.24 bits per heavy atom. The highest BCUT2D eigenvalue weighted by molar-refractivity contribution is 8.00. The molecule has 0 aliphatic heterocycles. The predicted octanol–water partition coefficient (Wildman–Crippen LogP) is 3.43. The number of benzene rings is 1. The minimum atomic E-state index is -0.200. The number of hydrogen-bond acceptors (Lipinski definition) is 3. The van der Waals surface area contributed by atoms with Crippen molar-refractivity contribution in [3.05, 3.63) is 42.5 Å². The van der Waals surface area contributed by atoms with Gasteiger partial charge in [-0.15, -0.1) is 11.8 Å². The quantitative estimate of drug-likeness (QED) is 0.605.